The van der Waals surface area contributed by atoms with E-state index in [1.807, 2.05) is 17.8 Å². The van der Waals surface area contributed by atoms with Crippen molar-refractivity contribution in [2.75, 3.05) is 6.26 Å². The van der Waals surface area contributed by atoms with E-state index in [1.54, 1.807) is 0 Å². The summed E-state index contributed by atoms with van der Waals surface area (Å²) >= 11 is 2.00. The Labute approximate surface area is 118 Å². The van der Waals surface area contributed by atoms with Crippen LogP contribution in [-0.4, -0.2) is 27.1 Å². The molecule has 1 aliphatic rings. The SMILES string of the molecule is CSC1CCC(NCc2nc3ccccc3n2C)C1. The van der Waals surface area contributed by atoms with Crippen molar-refractivity contribution >= 4 is 22.8 Å². The number of nitrogens with zero attached hydrogens (tertiary/aromatic N) is 2. The first-order valence-corrected chi connectivity index (χ1v) is 8.23. The number of para-hydroxylation sites is 2. The van der Waals surface area contributed by atoms with Crippen LogP contribution in [-0.2, 0) is 13.6 Å². The molecule has 102 valence electrons. The predicted molar refractivity (Wildman–Crippen MR) is 82.5 cm³/mol. The third-order valence-corrected chi connectivity index (χ3v) is 5.24. The minimum atomic E-state index is 0.664. The van der Waals surface area contributed by atoms with Crippen LogP contribution in [0.25, 0.3) is 11.0 Å². The molecule has 1 heterocycles. The van der Waals surface area contributed by atoms with Crippen LogP contribution < -0.4 is 5.32 Å². The van der Waals surface area contributed by atoms with Gasteiger partial charge in [-0.15, -0.1) is 0 Å². The normalized spacial score (nSPS) is 23.3. The van der Waals surface area contributed by atoms with Crippen molar-refractivity contribution in [1.29, 1.82) is 0 Å². The van der Waals surface area contributed by atoms with Crippen molar-refractivity contribution in [3.05, 3.63) is 30.1 Å². The molecular formula is C15H21N3S. The Morgan fingerprint density at radius 3 is 2.95 bits per heavy atom. The summed E-state index contributed by atoms with van der Waals surface area (Å²) in [5, 5.41) is 4.51. The van der Waals surface area contributed by atoms with Crippen LogP contribution in [0, 0.1) is 0 Å². The quantitative estimate of drug-likeness (QED) is 0.930. The Hall–Kier alpha value is -1.00. The standard InChI is InChI=1S/C15H21N3S/c1-18-14-6-4-3-5-13(14)17-15(18)10-16-11-7-8-12(9-11)19-2/h3-6,11-12,16H,7-10H2,1-2H3. The van der Waals surface area contributed by atoms with Gasteiger partial charge in [0.05, 0.1) is 17.6 Å². The molecule has 1 saturated carbocycles. The van der Waals surface area contributed by atoms with E-state index in [9.17, 15) is 0 Å². The van der Waals surface area contributed by atoms with Gasteiger partial charge in [-0.2, -0.15) is 11.8 Å². The fourth-order valence-corrected chi connectivity index (χ4v) is 3.73. The molecule has 1 fully saturated rings. The summed E-state index contributed by atoms with van der Waals surface area (Å²) in [5.41, 5.74) is 2.31. The molecule has 0 aliphatic heterocycles. The first-order chi connectivity index (χ1) is 9.28. The molecule has 1 aromatic heterocycles. The van der Waals surface area contributed by atoms with Crippen LogP contribution in [0.5, 0.6) is 0 Å². The lowest BCUT2D eigenvalue weighted by Gasteiger charge is -2.12. The molecule has 3 rings (SSSR count). The zero-order chi connectivity index (χ0) is 13.2. The van der Waals surface area contributed by atoms with Crippen LogP contribution >= 0.6 is 11.8 Å². The van der Waals surface area contributed by atoms with Crippen molar-refractivity contribution in [1.82, 2.24) is 14.9 Å². The van der Waals surface area contributed by atoms with Gasteiger partial charge < -0.3 is 9.88 Å². The van der Waals surface area contributed by atoms with Gasteiger partial charge >= 0.3 is 0 Å². The lowest BCUT2D eigenvalue weighted by Crippen LogP contribution is -2.27. The highest BCUT2D eigenvalue weighted by atomic mass is 32.2. The summed E-state index contributed by atoms with van der Waals surface area (Å²) in [5.74, 6) is 1.13. The van der Waals surface area contributed by atoms with Crippen LogP contribution in [0.15, 0.2) is 24.3 Å². The summed E-state index contributed by atoms with van der Waals surface area (Å²) in [6.07, 6.45) is 6.17. The average molecular weight is 275 g/mol. The molecule has 3 nitrogen and oxygen atoms in total. The summed E-state index contributed by atoms with van der Waals surface area (Å²) in [6, 6.07) is 8.99. The molecule has 0 radical (unpaired) electrons. The highest BCUT2D eigenvalue weighted by Crippen LogP contribution is 2.28. The first-order valence-electron chi connectivity index (χ1n) is 6.94. The average Bonchev–Trinajstić information content (AvgIpc) is 3.02. The Balaban J connectivity index is 1.67. The van der Waals surface area contributed by atoms with Crippen LogP contribution in [0.1, 0.15) is 25.1 Å². The fraction of sp³-hybridized carbons (Fsp3) is 0.533. The van der Waals surface area contributed by atoms with Crippen molar-refractivity contribution in [2.24, 2.45) is 7.05 Å². The zero-order valence-electron chi connectivity index (χ0n) is 11.6. The number of hydrogen-bond acceptors (Lipinski definition) is 3. The number of imidazole rings is 1. The van der Waals surface area contributed by atoms with Crippen LogP contribution in [0.3, 0.4) is 0 Å². The molecule has 4 heteroatoms. The van der Waals surface area contributed by atoms with E-state index in [0.29, 0.717) is 6.04 Å². The van der Waals surface area contributed by atoms with Gasteiger partial charge in [0.25, 0.3) is 0 Å². The highest BCUT2D eigenvalue weighted by Gasteiger charge is 2.23. The topological polar surface area (TPSA) is 29.9 Å². The molecule has 0 amide bonds. The van der Waals surface area contributed by atoms with E-state index in [0.717, 1.165) is 23.1 Å². The monoisotopic (exact) mass is 275 g/mol. The van der Waals surface area contributed by atoms with E-state index < -0.39 is 0 Å². The van der Waals surface area contributed by atoms with Gasteiger partial charge in [0.2, 0.25) is 0 Å². The molecule has 0 spiro atoms. The maximum atomic E-state index is 4.71. The first kappa shape index (κ1) is 13.0. The fourth-order valence-electron chi connectivity index (χ4n) is 2.93. The molecular weight excluding hydrogens is 254 g/mol. The molecule has 19 heavy (non-hydrogen) atoms. The van der Waals surface area contributed by atoms with Gasteiger partial charge in [-0.1, -0.05) is 12.1 Å². The lowest BCUT2D eigenvalue weighted by molar-refractivity contribution is 0.509. The van der Waals surface area contributed by atoms with E-state index in [2.05, 4.69) is 41.4 Å². The van der Waals surface area contributed by atoms with Gasteiger partial charge in [0, 0.05) is 18.3 Å². The third kappa shape index (κ3) is 2.65. The number of aryl methyl sites for hydroxylation is 1. The zero-order valence-corrected chi connectivity index (χ0v) is 12.4. The Kier molecular flexibility index (Phi) is 3.80. The number of nitrogens with one attached hydrogen (secondary N) is 1. The Morgan fingerprint density at radius 2 is 2.21 bits per heavy atom. The number of thioether (sulfide) groups is 1. The van der Waals surface area contributed by atoms with Crippen molar-refractivity contribution in [3.8, 4) is 0 Å². The summed E-state index contributed by atoms with van der Waals surface area (Å²) in [4.78, 5) is 4.71. The van der Waals surface area contributed by atoms with Crippen molar-refractivity contribution < 1.29 is 0 Å². The largest absolute Gasteiger partial charge is 0.330 e. The molecule has 1 aliphatic carbocycles. The minimum Gasteiger partial charge on any atom is -0.330 e. The maximum Gasteiger partial charge on any atom is 0.123 e. The van der Waals surface area contributed by atoms with Crippen molar-refractivity contribution in [2.45, 2.75) is 37.1 Å². The predicted octanol–water partition coefficient (Wildman–Crippen LogP) is 2.95. The van der Waals surface area contributed by atoms with Gasteiger partial charge in [0.15, 0.2) is 0 Å². The highest BCUT2D eigenvalue weighted by molar-refractivity contribution is 7.99. The van der Waals surface area contributed by atoms with Gasteiger partial charge in [-0.05, 0) is 37.7 Å². The second kappa shape index (κ2) is 5.55. The molecule has 2 aromatic rings. The molecule has 1 aromatic carbocycles. The molecule has 0 bridgehead atoms. The van der Waals surface area contributed by atoms with E-state index in [1.165, 1.54) is 24.8 Å². The summed E-state index contributed by atoms with van der Waals surface area (Å²) < 4.78 is 2.20. The van der Waals surface area contributed by atoms with Gasteiger partial charge in [-0.25, -0.2) is 4.98 Å². The Morgan fingerprint density at radius 1 is 1.37 bits per heavy atom. The number of hydrogen-bond donors (Lipinski definition) is 1. The maximum absolute atomic E-state index is 4.71. The molecule has 2 atom stereocenters. The second-order valence-corrected chi connectivity index (χ2v) is 6.46. The van der Waals surface area contributed by atoms with Crippen LogP contribution in [0.4, 0.5) is 0 Å². The number of rotatable bonds is 4. The molecule has 2 unspecified atom stereocenters. The lowest BCUT2D eigenvalue weighted by atomic mass is 10.2. The number of benzene rings is 1. The summed E-state index contributed by atoms with van der Waals surface area (Å²) in [7, 11) is 2.10. The number of fused-ring (bicyclic) bond motifs is 1. The summed E-state index contributed by atoms with van der Waals surface area (Å²) in [6.45, 7) is 0.872. The third-order valence-electron chi connectivity index (χ3n) is 4.15. The smallest absolute Gasteiger partial charge is 0.123 e. The van der Waals surface area contributed by atoms with E-state index >= 15 is 0 Å². The van der Waals surface area contributed by atoms with Crippen LogP contribution in [0.2, 0.25) is 0 Å². The van der Waals surface area contributed by atoms with Crippen molar-refractivity contribution in [3.63, 3.8) is 0 Å². The second-order valence-electron chi connectivity index (χ2n) is 5.32. The molecule has 0 saturated heterocycles. The minimum absolute atomic E-state index is 0.664. The Bertz CT molecular complexity index is 564. The van der Waals surface area contributed by atoms with E-state index in [-0.39, 0.29) is 0 Å². The number of aromatic nitrogens is 2. The van der Waals surface area contributed by atoms with Gasteiger partial charge in [-0.3, -0.25) is 0 Å². The molecule has 1 N–H and O–H groups in total. The van der Waals surface area contributed by atoms with Gasteiger partial charge in [0.1, 0.15) is 5.82 Å². The van der Waals surface area contributed by atoms with E-state index in [4.69, 9.17) is 4.98 Å².